The monoisotopic (exact) mass is 414 g/mol. The quantitative estimate of drug-likeness (QED) is 0.744. The molecule has 0 bridgehead atoms. The molecule has 2 aromatic rings. The van der Waals surface area contributed by atoms with Crippen LogP contribution in [0, 0.1) is 19.8 Å². The highest BCUT2D eigenvalue weighted by Gasteiger charge is 2.35. The van der Waals surface area contributed by atoms with Gasteiger partial charge in [-0.25, -0.2) is 4.98 Å². The maximum Gasteiger partial charge on any atom is 0.306 e. The van der Waals surface area contributed by atoms with Crippen molar-refractivity contribution in [2.24, 2.45) is 5.92 Å². The topological polar surface area (TPSA) is 116 Å². The molecule has 2 aromatic heterocycles. The van der Waals surface area contributed by atoms with E-state index >= 15 is 0 Å². The van der Waals surface area contributed by atoms with Crippen molar-refractivity contribution >= 4 is 23.6 Å². The highest BCUT2D eigenvalue weighted by Crippen LogP contribution is 2.35. The van der Waals surface area contributed by atoms with E-state index < -0.39 is 0 Å². The number of nitrogen functional groups attached to an aromatic ring is 1. The molecule has 0 radical (unpaired) electrons. The van der Waals surface area contributed by atoms with Crippen LogP contribution in [0.15, 0.2) is 0 Å². The van der Waals surface area contributed by atoms with Gasteiger partial charge in [-0.15, -0.1) is 5.10 Å². The second kappa shape index (κ2) is 8.57. The molecule has 9 heteroatoms. The summed E-state index contributed by atoms with van der Waals surface area (Å²) in [4.78, 5) is 35.4. The third-order valence-electron chi connectivity index (χ3n) is 6.56. The smallest absolute Gasteiger partial charge is 0.306 e. The molecule has 2 N–H and O–H groups in total. The average molecular weight is 415 g/mol. The van der Waals surface area contributed by atoms with Crippen LogP contribution in [0.3, 0.4) is 0 Å². The fourth-order valence-electron chi connectivity index (χ4n) is 5.04. The first-order valence-electron chi connectivity index (χ1n) is 10.9. The Kier molecular flexibility index (Phi) is 5.87. The lowest BCUT2D eigenvalue weighted by Gasteiger charge is -2.44. The third-order valence-corrected chi connectivity index (χ3v) is 6.56. The summed E-state index contributed by atoms with van der Waals surface area (Å²) in [5.74, 6) is 0.789. The van der Waals surface area contributed by atoms with Gasteiger partial charge in [-0.2, -0.15) is 9.50 Å². The van der Waals surface area contributed by atoms with Gasteiger partial charge in [0, 0.05) is 30.4 Å². The molecular formula is C21H30N6O3. The molecule has 1 amide bonds. The van der Waals surface area contributed by atoms with Crippen molar-refractivity contribution in [2.75, 3.05) is 18.9 Å². The van der Waals surface area contributed by atoms with Crippen molar-refractivity contribution in [1.82, 2.24) is 24.5 Å². The van der Waals surface area contributed by atoms with Gasteiger partial charge in [-0.1, -0.05) is 12.8 Å². The number of rotatable bonds is 5. The number of ether oxygens (including phenoxy) is 1. The number of amides is 1. The van der Waals surface area contributed by atoms with Gasteiger partial charge in [-0.3, -0.25) is 9.59 Å². The molecule has 2 aliphatic rings. The molecule has 162 valence electrons. The van der Waals surface area contributed by atoms with Crippen LogP contribution < -0.4 is 5.73 Å². The third kappa shape index (κ3) is 4.11. The van der Waals surface area contributed by atoms with Crippen molar-refractivity contribution in [3.63, 3.8) is 0 Å². The van der Waals surface area contributed by atoms with Crippen molar-refractivity contribution in [1.29, 1.82) is 0 Å². The molecule has 3 heterocycles. The summed E-state index contributed by atoms with van der Waals surface area (Å²) in [5, 5.41) is 4.14. The van der Waals surface area contributed by atoms with E-state index in [1.54, 1.807) is 4.52 Å². The highest BCUT2D eigenvalue weighted by molar-refractivity contribution is 5.81. The predicted octanol–water partition coefficient (Wildman–Crippen LogP) is 1.98. The normalized spacial score (nSPS) is 21.5. The number of likely N-dealkylation sites (tertiary alicyclic amines) is 1. The van der Waals surface area contributed by atoms with Crippen LogP contribution in [0.25, 0.3) is 5.78 Å². The Balaban J connectivity index is 1.32. The molecular weight excluding hydrogens is 384 g/mol. The van der Waals surface area contributed by atoms with Gasteiger partial charge < -0.3 is 15.4 Å². The van der Waals surface area contributed by atoms with E-state index in [1.807, 2.05) is 18.7 Å². The zero-order chi connectivity index (χ0) is 21.3. The summed E-state index contributed by atoms with van der Waals surface area (Å²) in [6.45, 7) is 4.38. The molecule has 1 aliphatic carbocycles. The minimum absolute atomic E-state index is 0.0616. The van der Waals surface area contributed by atoms with Crippen molar-refractivity contribution in [3.05, 3.63) is 17.0 Å². The molecule has 4 rings (SSSR count). The Hall–Kier alpha value is -2.71. The van der Waals surface area contributed by atoms with Gasteiger partial charge in [0.2, 0.25) is 5.95 Å². The van der Waals surface area contributed by atoms with E-state index in [0.717, 1.165) is 36.3 Å². The van der Waals surface area contributed by atoms with Crippen molar-refractivity contribution < 1.29 is 14.3 Å². The Morgan fingerprint density at radius 3 is 2.73 bits per heavy atom. The van der Waals surface area contributed by atoms with Gasteiger partial charge in [0.15, 0.2) is 6.61 Å². The number of aryl methyl sites for hydroxylation is 2. The molecule has 1 saturated carbocycles. The molecule has 0 spiro atoms. The number of hydrogen-bond acceptors (Lipinski definition) is 7. The summed E-state index contributed by atoms with van der Waals surface area (Å²) in [6.07, 6.45) is 7.62. The molecule has 1 saturated heterocycles. The first-order chi connectivity index (χ1) is 14.4. The summed E-state index contributed by atoms with van der Waals surface area (Å²) in [7, 11) is 0. The summed E-state index contributed by atoms with van der Waals surface area (Å²) in [5.41, 5.74) is 8.21. The summed E-state index contributed by atoms with van der Waals surface area (Å²) >= 11 is 0. The van der Waals surface area contributed by atoms with Crippen LogP contribution >= 0.6 is 0 Å². The van der Waals surface area contributed by atoms with Crippen LogP contribution in [0.5, 0.6) is 0 Å². The molecule has 1 aliphatic heterocycles. The van der Waals surface area contributed by atoms with E-state index in [2.05, 4.69) is 15.1 Å². The number of nitrogens with two attached hydrogens (primary N) is 1. The lowest BCUT2D eigenvalue weighted by molar-refractivity contribution is -0.154. The molecule has 30 heavy (non-hydrogen) atoms. The van der Waals surface area contributed by atoms with Crippen molar-refractivity contribution in [3.8, 4) is 0 Å². The predicted molar refractivity (Wildman–Crippen MR) is 111 cm³/mol. The Morgan fingerprint density at radius 2 is 1.90 bits per heavy atom. The van der Waals surface area contributed by atoms with Gasteiger partial charge in [0.05, 0.1) is 0 Å². The van der Waals surface area contributed by atoms with Gasteiger partial charge in [0.1, 0.15) is 0 Å². The van der Waals surface area contributed by atoms with Gasteiger partial charge >= 0.3 is 5.97 Å². The second-order valence-corrected chi connectivity index (χ2v) is 8.44. The van der Waals surface area contributed by atoms with Crippen LogP contribution in [-0.2, 0) is 20.7 Å². The fraction of sp³-hybridized carbons (Fsp3) is 0.667. The summed E-state index contributed by atoms with van der Waals surface area (Å²) in [6, 6.07) is 0.330. The second-order valence-electron chi connectivity index (χ2n) is 8.44. The van der Waals surface area contributed by atoms with E-state index in [4.69, 9.17) is 10.5 Å². The molecule has 2 atom stereocenters. The number of hydrogen-bond donors (Lipinski definition) is 1. The first kappa shape index (κ1) is 20.6. The van der Waals surface area contributed by atoms with Crippen LogP contribution in [0.4, 0.5) is 5.95 Å². The number of aromatic nitrogens is 4. The lowest BCUT2D eigenvalue weighted by atomic mass is 9.78. The van der Waals surface area contributed by atoms with Crippen LogP contribution in [-0.4, -0.2) is 55.6 Å². The minimum atomic E-state index is -0.377. The number of esters is 1. The van der Waals surface area contributed by atoms with E-state index in [1.165, 1.54) is 25.7 Å². The van der Waals surface area contributed by atoms with E-state index in [0.29, 0.717) is 24.2 Å². The van der Waals surface area contributed by atoms with Gasteiger partial charge in [-0.05, 0) is 57.4 Å². The first-order valence-corrected chi connectivity index (χ1v) is 10.9. The molecule has 0 unspecified atom stereocenters. The fourth-order valence-corrected chi connectivity index (χ4v) is 5.04. The number of fused-ring (bicyclic) bond motifs is 2. The maximum atomic E-state index is 12.7. The van der Waals surface area contributed by atoms with E-state index in [9.17, 15) is 9.59 Å². The molecule has 0 aromatic carbocycles. The zero-order valence-electron chi connectivity index (χ0n) is 17.8. The van der Waals surface area contributed by atoms with Crippen molar-refractivity contribution in [2.45, 2.75) is 71.3 Å². The standard InChI is InChI=1S/C21H30N6O3/c1-13-16(14(2)27-21(23-13)24-20(22)25-27)9-10-19(29)30-12-18(28)26-11-5-7-15-6-3-4-8-17(15)26/h15,17H,3-12H2,1-2H3,(H2,22,25)/t15-,17+/m0/s1. The summed E-state index contributed by atoms with van der Waals surface area (Å²) < 4.78 is 6.91. The number of carbonyl (C=O) groups is 2. The maximum absolute atomic E-state index is 12.7. The van der Waals surface area contributed by atoms with E-state index in [-0.39, 0.29) is 30.9 Å². The molecule has 2 fully saturated rings. The minimum Gasteiger partial charge on any atom is -0.456 e. The SMILES string of the molecule is Cc1nc2nc(N)nn2c(C)c1CCC(=O)OCC(=O)N1CCC[C@@H]2CCCC[C@H]21. The number of anilines is 1. The van der Waals surface area contributed by atoms with Gasteiger partial charge in [0.25, 0.3) is 11.7 Å². The lowest BCUT2D eigenvalue weighted by Crippen LogP contribution is -2.50. The number of piperidine rings is 1. The molecule has 9 nitrogen and oxygen atoms in total. The van der Waals surface area contributed by atoms with Crippen LogP contribution in [0.1, 0.15) is 61.9 Å². The number of nitrogens with zero attached hydrogens (tertiary/aromatic N) is 5. The highest BCUT2D eigenvalue weighted by atomic mass is 16.5. The zero-order valence-corrected chi connectivity index (χ0v) is 17.8. The average Bonchev–Trinajstić information content (AvgIpc) is 3.11. The Bertz CT molecular complexity index is 954. The Morgan fingerprint density at radius 1 is 1.13 bits per heavy atom. The Labute approximate surface area is 176 Å². The largest absolute Gasteiger partial charge is 0.456 e. The van der Waals surface area contributed by atoms with Crippen LogP contribution in [0.2, 0.25) is 0 Å². The number of carbonyl (C=O) groups excluding carboxylic acids is 2.